The Bertz CT molecular complexity index is 1120. The van der Waals surface area contributed by atoms with Crippen LogP contribution in [-0.4, -0.2) is 68.0 Å². The molecule has 12 heteroatoms. The third-order valence-corrected chi connectivity index (χ3v) is 4.27. The van der Waals surface area contributed by atoms with Crippen LogP contribution in [0.4, 0.5) is 13.2 Å². The van der Waals surface area contributed by atoms with E-state index in [1.165, 1.54) is 55.3 Å². The molecule has 0 aliphatic carbocycles. The number of ether oxygens (including phenoxy) is 5. The van der Waals surface area contributed by atoms with E-state index in [9.17, 15) is 18.0 Å². The molecule has 0 N–H and O–H groups in total. The highest BCUT2D eigenvalue weighted by molar-refractivity contribution is 5.82. The lowest BCUT2D eigenvalue weighted by Gasteiger charge is -2.15. The second-order valence-electron chi connectivity index (χ2n) is 6.63. The molecule has 0 unspecified atom stereocenters. The van der Waals surface area contributed by atoms with E-state index in [0.717, 1.165) is 0 Å². The van der Waals surface area contributed by atoms with Crippen LogP contribution in [0.15, 0.2) is 41.3 Å². The number of alkyl halides is 3. The van der Waals surface area contributed by atoms with Crippen molar-refractivity contribution in [1.29, 1.82) is 0 Å². The molecule has 9 nitrogen and oxygen atoms in total. The van der Waals surface area contributed by atoms with E-state index in [1.54, 1.807) is 0 Å². The first-order valence-corrected chi connectivity index (χ1v) is 9.79. The summed E-state index contributed by atoms with van der Waals surface area (Å²) in [5, 5.41) is 0.217. The molecule has 178 valence electrons. The number of hydrogen-bond donors (Lipinski definition) is 0. The van der Waals surface area contributed by atoms with Crippen LogP contribution in [-0.2, 0) is 9.47 Å². The van der Waals surface area contributed by atoms with Gasteiger partial charge in [0.2, 0.25) is 5.88 Å². The first-order valence-electron chi connectivity index (χ1n) is 9.79. The molecular weight excluding hydrogens is 447 g/mol. The molecule has 2 aromatic heterocycles. The second-order valence-corrected chi connectivity index (χ2v) is 6.63. The standard InChI is InChI=1S/C21H22F3N3O6/c1-29-9-11-31-18-17-16(7-8-25-18)19(28)27(20(26-17)32-12-10-30-2)14-3-5-15(6-4-14)33-13-21(22,23)24/h3-8H,9-13H2,1-2H3. The van der Waals surface area contributed by atoms with Crippen molar-refractivity contribution in [2.45, 2.75) is 6.18 Å². The highest BCUT2D eigenvalue weighted by atomic mass is 19.4. The lowest BCUT2D eigenvalue weighted by Crippen LogP contribution is -2.24. The zero-order valence-electron chi connectivity index (χ0n) is 17.9. The third kappa shape index (κ3) is 6.33. The average molecular weight is 469 g/mol. The molecule has 0 saturated carbocycles. The first-order chi connectivity index (χ1) is 15.8. The van der Waals surface area contributed by atoms with Crippen LogP contribution in [0.5, 0.6) is 17.6 Å². The molecule has 0 amide bonds. The number of benzene rings is 1. The summed E-state index contributed by atoms with van der Waals surface area (Å²) in [6, 6.07) is 6.94. The molecule has 3 aromatic rings. The molecule has 0 saturated heterocycles. The van der Waals surface area contributed by atoms with E-state index in [-0.39, 0.29) is 48.4 Å². The summed E-state index contributed by atoms with van der Waals surface area (Å²) in [6.07, 6.45) is -3.05. The van der Waals surface area contributed by atoms with Gasteiger partial charge in [0, 0.05) is 20.4 Å². The summed E-state index contributed by atoms with van der Waals surface area (Å²) < 4.78 is 64.3. The van der Waals surface area contributed by atoms with Crippen LogP contribution in [0.2, 0.25) is 0 Å². The summed E-state index contributed by atoms with van der Waals surface area (Å²) in [7, 11) is 3.02. The maximum atomic E-state index is 13.3. The number of aromatic nitrogens is 3. The van der Waals surface area contributed by atoms with Crippen molar-refractivity contribution in [2.24, 2.45) is 0 Å². The molecule has 1 aromatic carbocycles. The Hall–Kier alpha value is -3.38. The molecule has 0 aliphatic heterocycles. The fraction of sp³-hybridized carbons (Fsp3) is 0.381. The predicted molar refractivity (Wildman–Crippen MR) is 111 cm³/mol. The third-order valence-electron chi connectivity index (χ3n) is 4.27. The van der Waals surface area contributed by atoms with E-state index in [1.807, 2.05) is 0 Å². The van der Waals surface area contributed by atoms with Gasteiger partial charge in [0.05, 0.1) is 24.3 Å². The summed E-state index contributed by atoms with van der Waals surface area (Å²) in [6.45, 7) is -0.570. The van der Waals surface area contributed by atoms with Gasteiger partial charge in [0.1, 0.15) is 24.5 Å². The fourth-order valence-electron chi connectivity index (χ4n) is 2.79. The molecule has 0 atom stereocenters. The number of fused-ring (bicyclic) bond motifs is 1. The van der Waals surface area contributed by atoms with Gasteiger partial charge in [0.15, 0.2) is 6.61 Å². The molecule has 2 heterocycles. The summed E-state index contributed by atoms with van der Waals surface area (Å²) in [4.78, 5) is 21.9. The number of nitrogens with zero attached hydrogens (tertiary/aromatic N) is 3. The van der Waals surface area contributed by atoms with Crippen molar-refractivity contribution in [1.82, 2.24) is 14.5 Å². The van der Waals surface area contributed by atoms with E-state index < -0.39 is 18.3 Å². The molecule has 3 rings (SSSR count). The first kappa shape index (κ1) is 24.3. The van der Waals surface area contributed by atoms with Gasteiger partial charge in [-0.15, -0.1) is 0 Å². The Balaban J connectivity index is 2.03. The van der Waals surface area contributed by atoms with E-state index in [4.69, 9.17) is 23.7 Å². The van der Waals surface area contributed by atoms with Crippen molar-refractivity contribution >= 4 is 10.9 Å². The molecule has 0 fully saturated rings. The van der Waals surface area contributed by atoms with Gasteiger partial charge >= 0.3 is 12.2 Å². The monoisotopic (exact) mass is 469 g/mol. The Morgan fingerprint density at radius 3 is 2.21 bits per heavy atom. The Kier molecular flexibility index (Phi) is 8.06. The Morgan fingerprint density at radius 2 is 1.58 bits per heavy atom. The Morgan fingerprint density at radius 1 is 0.909 bits per heavy atom. The Labute approximate surface area is 186 Å². The predicted octanol–water partition coefficient (Wildman–Crippen LogP) is 2.77. The quantitative estimate of drug-likeness (QED) is 0.396. The smallest absolute Gasteiger partial charge is 0.422 e. The van der Waals surface area contributed by atoms with Crippen molar-refractivity contribution in [3.63, 3.8) is 0 Å². The minimum absolute atomic E-state index is 0.00208. The summed E-state index contributed by atoms with van der Waals surface area (Å²) in [5.41, 5.74) is 0.0441. The van der Waals surface area contributed by atoms with Crippen molar-refractivity contribution < 1.29 is 36.9 Å². The van der Waals surface area contributed by atoms with Gasteiger partial charge in [-0.3, -0.25) is 4.79 Å². The van der Waals surface area contributed by atoms with Crippen molar-refractivity contribution in [2.75, 3.05) is 47.3 Å². The van der Waals surface area contributed by atoms with E-state index in [0.29, 0.717) is 12.3 Å². The zero-order valence-corrected chi connectivity index (χ0v) is 17.9. The lowest BCUT2D eigenvalue weighted by atomic mass is 10.2. The highest BCUT2D eigenvalue weighted by Crippen LogP contribution is 2.25. The van der Waals surface area contributed by atoms with Gasteiger partial charge in [-0.05, 0) is 30.3 Å². The van der Waals surface area contributed by atoms with Crippen LogP contribution in [0.1, 0.15) is 0 Å². The summed E-state index contributed by atoms with van der Waals surface area (Å²) >= 11 is 0. The summed E-state index contributed by atoms with van der Waals surface area (Å²) in [5.74, 6) is 0.138. The van der Waals surface area contributed by atoms with Gasteiger partial charge in [-0.2, -0.15) is 18.2 Å². The SMILES string of the molecule is COCCOc1nccc2c(=O)n(-c3ccc(OCC(F)(F)F)cc3)c(OCCOC)nc12. The molecular formula is C21H22F3N3O6. The number of methoxy groups -OCH3 is 2. The topological polar surface area (TPSA) is 93.9 Å². The van der Waals surface area contributed by atoms with Gasteiger partial charge in [0.25, 0.3) is 5.56 Å². The average Bonchev–Trinajstić information content (AvgIpc) is 2.79. The maximum Gasteiger partial charge on any atom is 0.422 e. The van der Waals surface area contributed by atoms with Crippen LogP contribution in [0.3, 0.4) is 0 Å². The largest absolute Gasteiger partial charge is 0.484 e. The van der Waals surface area contributed by atoms with E-state index >= 15 is 0 Å². The number of halogens is 3. The highest BCUT2D eigenvalue weighted by Gasteiger charge is 2.28. The van der Waals surface area contributed by atoms with Crippen molar-refractivity contribution in [3.8, 4) is 23.3 Å². The fourth-order valence-corrected chi connectivity index (χ4v) is 2.79. The number of rotatable bonds is 11. The molecule has 0 bridgehead atoms. The molecule has 33 heavy (non-hydrogen) atoms. The molecule has 0 radical (unpaired) electrons. The number of pyridine rings is 1. The zero-order chi connectivity index (χ0) is 23.8. The normalized spacial score (nSPS) is 11.5. The number of hydrogen-bond acceptors (Lipinski definition) is 8. The van der Waals surface area contributed by atoms with Crippen LogP contribution in [0.25, 0.3) is 16.6 Å². The lowest BCUT2D eigenvalue weighted by molar-refractivity contribution is -0.153. The minimum Gasteiger partial charge on any atom is -0.484 e. The maximum absolute atomic E-state index is 13.3. The van der Waals surface area contributed by atoms with E-state index in [2.05, 4.69) is 9.97 Å². The van der Waals surface area contributed by atoms with Crippen LogP contribution in [0, 0.1) is 0 Å². The molecule has 0 aliphatic rings. The molecule has 0 spiro atoms. The van der Waals surface area contributed by atoms with Gasteiger partial charge < -0.3 is 23.7 Å². The van der Waals surface area contributed by atoms with Crippen LogP contribution >= 0.6 is 0 Å². The van der Waals surface area contributed by atoms with Crippen LogP contribution < -0.4 is 19.8 Å². The van der Waals surface area contributed by atoms with Gasteiger partial charge in [-0.25, -0.2) is 9.55 Å². The van der Waals surface area contributed by atoms with Gasteiger partial charge in [-0.1, -0.05) is 0 Å². The minimum atomic E-state index is -4.46. The van der Waals surface area contributed by atoms with Crippen molar-refractivity contribution in [3.05, 3.63) is 46.9 Å². The second kappa shape index (κ2) is 11.0.